The van der Waals surface area contributed by atoms with Crippen molar-refractivity contribution in [2.45, 2.75) is 6.42 Å². The van der Waals surface area contributed by atoms with Crippen molar-refractivity contribution in [2.24, 2.45) is 5.16 Å². The van der Waals surface area contributed by atoms with E-state index in [0.29, 0.717) is 12.1 Å². The van der Waals surface area contributed by atoms with Crippen molar-refractivity contribution in [2.75, 3.05) is 27.2 Å². The molecule has 0 radical (unpaired) electrons. The van der Waals surface area contributed by atoms with Crippen LogP contribution in [0.25, 0.3) is 0 Å². The smallest absolute Gasteiger partial charge is 0.273 e. The zero-order valence-corrected chi connectivity index (χ0v) is 10.8. The SMILES string of the molecule is CN(C)CCCNC(=O)/C(=N\O)c1ccccc1. The Morgan fingerprint density at radius 1 is 1.33 bits per heavy atom. The Labute approximate surface area is 107 Å². The summed E-state index contributed by atoms with van der Waals surface area (Å²) in [6, 6.07) is 8.88. The zero-order chi connectivity index (χ0) is 13.4. The van der Waals surface area contributed by atoms with Gasteiger partial charge < -0.3 is 15.4 Å². The van der Waals surface area contributed by atoms with Gasteiger partial charge in [-0.05, 0) is 27.1 Å². The molecule has 0 saturated carbocycles. The molecule has 0 saturated heterocycles. The predicted molar refractivity (Wildman–Crippen MR) is 70.9 cm³/mol. The number of hydrogen-bond donors (Lipinski definition) is 2. The molecule has 0 unspecified atom stereocenters. The maximum absolute atomic E-state index is 11.8. The molecule has 98 valence electrons. The Bertz CT molecular complexity index is 402. The molecule has 0 atom stereocenters. The van der Waals surface area contributed by atoms with Crippen molar-refractivity contribution >= 4 is 11.6 Å². The van der Waals surface area contributed by atoms with Gasteiger partial charge in [-0.1, -0.05) is 35.5 Å². The number of carbonyl (C=O) groups excluding carboxylic acids is 1. The van der Waals surface area contributed by atoms with E-state index >= 15 is 0 Å². The second kappa shape index (κ2) is 7.45. The fourth-order valence-electron chi connectivity index (χ4n) is 1.51. The normalized spacial score (nSPS) is 11.6. The lowest BCUT2D eigenvalue weighted by Crippen LogP contribution is -2.33. The Morgan fingerprint density at radius 2 is 2.00 bits per heavy atom. The van der Waals surface area contributed by atoms with Gasteiger partial charge in [0.1, 0.15) is 0 Å². The van der Waals surface area contributed by atoms with E-state index in [-0.39, 0.29) is 11.6 Å². The topological polar surface area (TPSA) is 64.9 Å². The van der Waals surface area contributed by atoms with Gasteiger partial charge in [0.15, 0.2) is 5.71 Å². The van der Waals surface area contributed by atoms with Crippen LogP contribution in [0.2, 0.25) is 0 Å². The van der Waals surface area contributed by atoms with Gasteiger partial charge in [-0.2, -0.15) is 0 Å². The van der Waals surface area contributed by atoms with Crippen LogP contribution in [-0.2, 0) is 4.79 Å². The van der Waals surface area contributed by atoms with Crippen LogP contribution >= 0.6 is 0 Å². The molecule has 0 spiro atoms. The first-order chi connectivity index (χ1) is 8.65. The Balaban J connectivity index is 2.50. The van der Waals surface area contributed by atoms with Crippen LogP contribution < -0.4 is 5.32 Å². The number of oxime groups is 1. The van der Waals surface area contributed by atoms with Gasteiger partial charge in [0.2, 0.25) is 0 Å². The van der Waals surface area contributed by atoms with Gasteiger partial charge in [0.25, 0.3) is 5.91 Å². The van der Waals surface area contributed by atoms with E-state index in [1.165, 1.54) is 0 Å². The minimum atomic E-state index is -0.359. The number of hydrogen-bond acceptors (Lipinski definition) is 4. The van der Waals surface area contributed by atoms with Crippen molar-refractivity contribution in [1.82, 2.24) is 10.2 Å². The average molecular weight is 249 g/mol. The number of amides is 1. The molecule has 0 fully saturated rings. The zero-order valence-electron chi connectivity index (χ0n) is 10.8. The van der Waals surface area contributed by atoms with Crippen molar-refractivity contribution in [3.8, 4) is 0 Å². The highest BCUT2D eigenvalue weighted by atomic mass is 16.4. The van der Waals surface area contributed by atoms with Gasteiger partial charge in [0, 0.05) is 12.1 Å². The number of benzene rings is 1. The first-order valence-electron chi connectivity index (χ1n) is 5.85. The third-order valence-corrected chi connectivity index (χ3v) is 2.43. The number of nitrogens with one attached hydrogen (secondary N) is 1. The van der Waals surface area contributed by atoms with Crippen LogP contribution in [0.3, 0.4) is 0 Å². The molecule has 1 amide bonds. The van der Waals surface area contributed by atoms with Crippen molar-refractivity contribution in [3.05, 3.63) is 35.9 Å². The second-order valence-corrected chi connectivity index (χ2v) is 4.23. The quantitative estimate of drug-likeness (QED) is 0.341. The molecule has 2 N–H and O–H groups in total. The van der Waals surface area contributed by atoms with Crippen LogP contribution in [-0.4, -0.2) is 48.9 Å². The maximum atomic E-state index is 11.8. The minimum absolute atomic E-state index is 0.0421. The summed E-state index contributed by atoms with van der Waals surface area (Å²) in [6.45, 7) is 1.46. The highest BCUT2D eigenvalue weighted by Crippen LogP contribution is 2.01. The highest BCUT2D eigenvalue weighted by molar-refractivity contribution is 6.45. The van der Waals surface area contributed by atoms with Gasteiger partial charge in [0.05, 0.1) is 0 Å². The number of nitrogens with zero attached hydrogens (tertiary/aromatic N) is 2. The summed E-state index contributed by atoms with van der Waals surface area (Å²) in [6.07, 6.45) is 0.853. The monoisotopic (exact) mass is 249 g/mol. The number of carbonyl (C=O) groups is 1. The highest BCUT2D eigenvalue weighted by Gasteiger charge is 2.13. The summed E-state index contributed by atoms with van der Waals surface area (Å²) in [5, 5.41) is 14.7. The molecular weight excluding hydrogens is 230 g/mol. The molecule has 1 aromatic rings. The van der Waals surface area contributed by atoms with Crippen molar-refractivity contribution in [3.63, 3.8) is 0 Å². The number of rotatable bonds is 6. The van der Waals surface area contributed by atoms with E-state index in [1.54, 1.807) is 24.3 Å². The van der Waals surface area contributed by atoms with Gasteiger partial charge in [-0.15, -0.1) is 0 Å². The van der Waals surface area contributed by atoms with Gasteiger partial charge in [-0.3, -0.25) is 4.79 Å². The average Bonchev–Trinajstić information content (AvgIpc) is 2.36. The lowest BCUT2D eigenvalue weighted by atomic mass is 10.1. The van der Waals surface area contributed by atoms with Gasteiger partial charge in [-0.25, -0.2) is 0 Å². The first kappa shape index (κ1) is 14.2. The summed E-state index contributed by atoms with van der Waals surface area (Å²) in [4.78, 5) is 13.8. The summed E-state index contributed by atoms with van der Waals surface area (Å²) in [5.74, 6) is -0.359. The van der Waals surface area contributed by atoms with E-state index in [2.05, 4.69) is 10.5 Å². The van der Waals surface area contributed by atoms with Crippen LogP contribution in [0, 0.1) is 0 Å². The van der Waals surface area contributed by atoms with Crippen molar-refractivity contribution < 1.29 is 10.0 Å². The third kappa shape index (κ3) is 4.55. The van der Waals surface area contributed by atoms with Crippen LogP contribution in [0.5, 0.6) is 0 Å². The molecule has 5 nitrogen and oxygen atoms in total. The van der Waals surface area contributed by atoms with Crippen LogP contribution in [0.1, 0.15) is 12.0 Å². The minimum Gasteiger partial charge on any atom is -0.410 e. The lowest BCUT2D eigenvalue weighted by molar-refractivity contribution is -0.114. The molecular formula is C13H19N3O2. The van der Waals surface area contributed by atoms with E-state index in [9.17, 15) is 4.79 Å². The van der Waals surface area contributed by atoms with E-state index in [0.717, 1.165) is 13.0 Å². The summed E-state index contributed by atoms with van der Waals surface area (Å²) >= 11 is 0. The molecule has 0 aliphatic rings. The summed E-state index contributed by atoms with van der Waals surface area (Å²) in [7, 11) is 3.96. The standard InChI is InChI=1S/C13H19N3O2/c1-16(2)10-6-9-14-13(17)12(15-18)11-7-4-3-5-8-11/h3-5,7-8,18H,6,9-10H2,1-2H3,(H,14,17)/b15-12-. The Morgan fingerprint density at radius 3 is 2.56 bits per heavy atom. The van der Waals surface area contributed by atoms with Gasteiger partial charge >= 0.3 is 0 Å². The van der Waals surface area contributed by atoms with Crippen LogP contribution in [0.4, 0.5) is 0 Å². The fraction of sp³-hybridized carbons (Fsp3) is 0.385. The molecule has 0 heterocycles. The Hall–Kier alpha value is -1.88. The van der Waals surface area contributed by atoms with E-state index < -0.39 is 0 Å². The Kier molecular flexibility index (Phi) is 5.87. The third-order valence-electron chi connectivity index (χ3n) is 2.43. The first-order valence-corrected chi connectivity index (χ1v) is 5.85. The fourth-order valence-corrected chi connectivity index (χ4v) is 1.51. The van der Waals surface area contributed by atoms with E-state index in [1.807, 2.05) is 25.1 Å². The molecule has 18 heavy (non-hydrogen) atoms. The molecule has 0 bridgehead atoms. The van der Waals surface area contributed by atoms with E-state index in [4.69, 9.17) is 5.21 Å². The molecule has 5 heteroatoms. The second-order valence-electron chi connectivity index (χ2n) is 4.23. The van der Waals surface area contributed by atoms with Crippen LogP contribution in [0.15, 0.2) is 35.5 Å². The molecule has 0 aromatic heterocycles. The molecule has 0 aliphatic heterocycles. The summed E-state index contributed by atoms with van der Waals surface area (Å²) in [5.41, 5.74) is 0.644. The lowest BCUT2D eigenvalue weighted by Gasteiger charge is -2.10. The predicted octanol–water partition coefficient (Wildman–Crippen LogP) is 0.933. The molecule has 1 rings (SSSR count). The summed E-state index contributed by atoms with van der Waals surface area (Å²) < 4.78 is 0. The van der Waals surface area contributed by atoms with Crippen molar-refractivity contribution in [1.29, 1.82) is 0 Å². The molecule has 0 aliphatic carbocycles. The molecule has 1 aromatic carbocycles. The largest absolute Gasteiger partial charge is 0.410 e. The maximum Gasteiger partial charge on any atom is 0.273 e.